The van der Waals surface area contributed by atoms with Crippen LogP contribution in [-0.4, -0.2) is 24.1 Å². The highest BCUT2D eigenvalue weighted by atomic mass is 16.5. The molecule has 0 aromatic rings. The van der Waals surface area contributed by atoms with E-state index in [1.807, 2.05) is 0 Å². The molecule has 0 bridgehead atoms. The number of esters is 1. The third kappa shape index (κ3) is 3.85. The Kier molecular flexibility index (Phi) is 4.18. The van der Waals surface area contributed by atoms with Crippen LogP contribution in [-0.2, 0) is 19.1 Å². The summed E-state index contributed by atoms with van der Waals surface area (Å²) in [6.45, 7) is 3.70. The highest BCUT2D eigenvalue weighted by molar-refractivity contribution is 6.00. The van der Waals surface area contributed by atoms with E-state index in [1.165, 1.54) is 20.8 Å². The van der Waals surface area contributed by atoms with Gasteiger partial charge >= 0.3 is 5.97 Å². The molecule has 0 amide bonds. The van der Waals surface area contributed by atoms with Gasteiger partial charge < -0.3 is 4.74 Å². The molecule has 4 heteroatoms. The van der Waals surface area contributed by atoms with Crippen LogP contribution in [0.25, 0.3) is 0 Å². The molecular formula is C8H12O4. The molecule has 0 heterocycles. The van der Waals surface area contributed by atoms with Crippen molar-refractivity contribution < 1.29 is 19.1 Å². The zero-order valence-electron chi connectivity index (χ0n) is 7.42. The second-order valence-corrected chi connectivity index (χ2v) is 2.58. The first-order chi connectivity index (χ1) is 5.45. The first-order valence-corrected chi connectivity index (χ1v) is 3.59. The van der Waals surface area contributed by atoms with E-state index in [0.717, 1.165) is 0 Å². The van der Waals surface area contributed by atoms with Gasteiger partial charge in [-0.3, -0.25) is 14.4 Å². The molecule has 0 atom stereocenters. The number of rotatable bonds is 4. The third-order valence-corrected chi connectivity index (χ3v) is 1.43. The summed E-state index contributed by atoms with van der Waals surface area (Å²) >= 11 is 0. The molecule has 0 N–H and O–H groups in total. The van der Waals surface area contributed by atoms with Crippen molar-refractivity contribution in [2.45, 2.75) is 20.8 Å². The predicted octanol–water partition coefficient (Wildman–Crippen LogP) is 0.344. The van der Waals surface area contributed by atoms with Crippen LogP contribution in [0.4, 0.5) is 0 Å². The standard InChI is InChI=1S/C8H12O4/c1-5(9)8(6(2)10)4-12-7(3)11/h8H,4H2,1-3H3. The third-order valence-electron chi connectivity index (χ3n) is 1.43. The minimum Gasteiger partial charge on any atom is -0.465 e. The summed E-state index contributed by atoms with van der Waals surface area (Å²) in [7, 11) is 0. The number of ether oxygens (including phenoxy) is 1. The molecule has 0 aliphatic heterocycles. The van der Waals surface area contributed by atoms with Crippen molar-refractivity contribution in [1.29, 1.82) is 0 Å². The van der Waals surface area contributed by atoms with Crippen LogP contribution in [0, 0.1) is 5.92 Å². The molecule has 68 valence electrons. The summed E-state index contributed by atoms with van der Waals surface area (Å²) in [5.74, 6) is -1.83. The molecule has 0 aromatic heterocycles. The lowest BCUT2D eigenvalue weighted by Crippen LogP contribution is -2.25. The van der Waals surface area contributed by atoms with Crippen LogP contribution in [0.2, 0.25) is 0 Å². The van der Waals surface area contributed by atoms with E-state index in [4.69, 9.17) is 0 Å². The van der Waals surface area contributed by atoms with E-state index in [2.05, 4.69) is 4.74 Å². The first-order valence-electron chi connectivity index (χ1n) is 3.59. The molecule has 0 aromatic carbocycles. The number of hydrogen-bond donors (Lipinski definition) is 0. The summed E-state index contributed by atoms with van der Waals surface area (Å²) < 4.78 is 4.55. The fourth-order valence-corrected chi connectivity index (χ4v) is 0.722. The highest BCUT2D eigenvalue weighted by Gasteiger charge is 2.20. The Morgan fingerprint density at radius 1 is 1.08 bits per heavy atom. The van der Waals surface area contributed by atoms with Crippen LogP contribution >= 0.6 is 0 Å². The zero-order valence-corrected chi connectivity index (χ0v) is 7.42. The van der Waals surface area contributed by atoms with Gasteiger partial charge in [0.25, 0.3) is 0 Å². The molecular weight excluding hydrogens is 160 g/mol. The van der Waals surface area contributed by atoms with E-state index < -0.39 is 11.9 Å². The van der Waals surface area contributed by atoms with Gasteiger partial charge in [0, 0.05) is 6.92 Å². The van der Waals surface area contributed by atoms with Crippen LogP contribution in [0.3, 0.4) is 0 Å². The van der Waals surface area contributed by atoms with E-state index >= 15 is 0 Å². The summed E-state index contributed by atoms with van der Waals surface area (Å²) in [6, 6.07) is 0. The van der Waals surface area contributed by atoms with Gasteiger partial charge in [0.2, 0.25) is 0 Å². The Bertz CT molecular complexity index is 193. The fraction of sp³-hybridized carbons (Fsp3) is 0.625. The summed E-state index contributed by atoms with van der Waals surface area (Å²) in [5.41, 5.74) is 0. The van der Waals surface area contributed by atoms with Gasteiger partial charge in [0.1, 0.15) is 24.1 Å². The molecule has 0 radical (unpaired) electrons. The number of carbonyl (C=O) groups excluding carboxylic acids is 3. The maximum Gasteiger partial charge on any atom is 0.302 e. The van der Waals surface area contributed by atoms with E-state index in [-0.39, 0.29) is 18.2 Å². The Hall–Kier alpha value is -1.19. The lowest BCUT2D eigenvalue weighted by atomic mass is 10.0. The van der Waals surface area contributed by atoms with Crippen LogP contribution < -0.4 is 0 Å². The maximum atomic E-state index is 10.8. The Morgan fingerprint density at radius 2 is 1.50 bits per heavy atom. The maximum absolute atomic E-state index is 10.8. The minimum atomic E-state index is -0.797. The second kappa shape index (κ2) is 4.64. The largest absolute Gasteiger partial charge is 0.465 e. The Balaban J connectivity index is 4.06. The van der Waals surface area contributed by atoms with Gasteiger partial charge in [0.15, 0.2) is 0 Å². The summed E-state index contributed by atoms with van der Waals surface area (Å²) in [5, 5.41) is 0. The Morgan fingerprint density at radius 3 is 1.75 bits per heavy atom. The van der Waals surface area contributed by atoms with Crippen molar-refractivity contribution in [3.8, 4) is 0 Å². The van der Waals surface area contributed by atoms with E-state index in [0.29, 0.717) is 0 Å². The molecule has 0 aliphatic rings. The van der Waals surface area contributed by atoms with Gasteiger partial charge in [-0.15, -0.1) is 0 Å². The normalized spacial score (nSPS) is 9.67. The fourth-order valence-electron chi connectivity index (χ4n) is 0.722. The lowest BCUT2D eigenvalue weighted by molar-refractivity contribution is -0.145. The molecule has 0 saturated carbocycles. The summed E-state index contributed by atoms with van der Waals surface area (Å²) in [4.78, 5) is 31.9. The number of hydrogen-bond acceptors (Lipinski definition) is 4. The Labute approximate surface area is 70.9 Å². The monoisotopic (exact) mass is 172 g/mol. The van der Waals surface area contributed by atoms with Crippen molar-refractivity contribution in [1.82, 2.24) is 0 Å². The molecule has 0 unspecified atom stereocenters. The number of Topliss-reactive ketones (excluding diaryl/α,β-unsaturated/α-hetero) is 2. The van der Waals surface area contributed by atoms with Crippen LogP contribution in [0.1, 0.15) is 20.8 Å². The summed E-state index contributed by atoms with van der Waals surface area (Å²) in [6.07, 6.45) is 0. The number of carbonyl (C=O) groups is 3. The van der Waals surface area contributed by atoms with Gasteiger partial charge in [0.05, 0.1) is 0 Å². The van der Waals surface area contributed by atoms with Gasteiger partial charge in [-0.1, -0.05) is 0 Å². The molecule has 0 aliphatic carbocycles. The van der Waals surface area contributed by atoms with Crippen molar-refractivity contribution in [3.63, 3.8) is 0 Å². The minimum absolute atomic E-state index is 0.139. The molecule has 4 nitrogen and oxygen atoms in total. The molecule has 0 fully saturated rings. The van der Waals surface area contributed by atoms with Crippen molar-refractivity contribution in [2.24, 2.45) is 5.92 Å². The SMILES string of the molecule is CC(=O)OCC(C(C)=O)C(C)=O. The predicted molar refractivity (Wildman–Crippen MR) is 41.5 cm³/mol. The average Bonchev–Trinajstić information content (AvgIpc) is 1.84. The van der Waals surface area contributed by atoms with E-state index in [1.54, 1.807) is 0 Å². The molecule has 0 rings (SSSR count). The second-order valence-electron chi connectivity index (χ2n) is 2.58. The quantitative estimate of drug-likeness (QED) is 0.453. The van der Waals surface area contributed by atoms with Gasteiger partial charge in [-0.25, -0.2) is 0 Å². The molecule has 0 saturated heterocycles. The highest BCUT2D eigenvalue weighted by Crippen LogP contribution is 2.00. The van der Waals surface area contributed by atoms with E-state index in [9.17, 15) is 14.4 Å². The van der Waals surface area contributed by atoms with Gasteiger partial charge in [-0.2, -0.15) is 0 Å². The zero-order chi connectivity index (χ0) is 9.72. The van der Waals surface area contributed by atoms with Crippen molar-refractivity contribution >= 4 is 17.5 Å². The van der Waals surface area contributed by atoms with Crippen LogP contribution in [0.5, 0.6) is 0 Å². The lowest BCUT2D eigenvalue weighted by Gasteiger charge is -2.08. The topological polar surface area (TPSA) is 60.4 Å². The molecule has 0 spiro atoms. The average molecular weight is 172 g/mol. The molecule has 12 heavy (non-hydrogen) atoms. The van der Waals surface area contributed by atoms with Crippen molar-refractivity contribution in [2.75, 3.05) is 6.61 Å². The number of ketones is 2. The smallest absolute Gasteiger partial charge is 0.302 e. The van der Waals surface area contributed by atoms with Crippen LogP contribution in [0.15, 0.2) is 0 Å². The first kappa shape index (κ1) is 10.8. The van der Waals surface area contributed by atoms with Crippen molar-refractivity contribution in [3.05, 3.63) is 0 Å². The van der Waals surface area contributed by atoms with Gasteiger partial charge in [-0.05, 0) is 13.8 Å².